The molecule has 0 spiro atoms. The Kier molecular flexibility index (Phi) is 2.39. The van der Waals surface area contributed by atoms with Crippen molar-refractivity contribution >= 4 is 0 Å². The normalized spacial score (nSPS) is 22.1. The lowest BCUT2D eigenvalue weighted by Crippen LogP contribution is -2.22. The molecule has 2 N–H and O–H groups in total. The standard InChI is InChI=1S/C12H19N3O/c13-12(5-6-12)4-3-10-9-11-15(14-10)7-1-2-8-16-11/h9H,1-8,13H2. The summed E-state index contributed by atoms with van der Waals surface area (Å²) in [6.07, 6.45) is 6.69. The quantitative estimate of drug-likeness (QED) is 0.841. The van der Waals surface area contributed by atoms with Crippen LogP contribution < -0.4 is 10.5 Å². The van der Waals surface area contributed by atoms with Crippen molar-refractivity contribution in [1.82, 2.24) is 9.78 Å². The van der Waals surface area contributed by atoms with Gasteiger partial charge in [-0.05, 0) is 38.5 Å². The molecule has 1 aliphatic heterocycles. The van der Waals surface area contributed by atoms with Gasteiger partial charge in [-0.25, -0.2) is 4.68 Å². The average Bonchev–Trinajstić information content (AvgIpc) is 2.95. The first-order valence-electron chi connectivity index (χ1n) is 6.24. The van der Waals surface area contributed by atoms with Crippen molar-refractivity contribution in [2.24, 2.45) is 5.73 Å². The Balaban J connectivity index is 1.66. The zero-order valence-corrected chi connectivity index (χ0v) is 9.61. The van der Waals surface area contributed by atoms with Gasteiger partial charge in [0.05, 0.1) is 12.3 Å². The van der Waals surface area contributed by atoms with E-state index in [2.05, 4.69) is 11.2 Å². The largest absolute Gasteiger partial charge is 0.478 e. The van der Waals surface area contributed by atoms with Gasteiger partial charge in [0.2, 0.25) is 5.88 Å². The number of ether oxygens (including phenoxy) is 1. The molecule has 1 fully saturated rings. The minimum atomic E-state index is 0.127. The molecule has 2 heterocycles. The first kappa shape index (κ1) is 10.1. The van der Waals surface area contributed by atoms with Crippen molar-refractivity contribution in [2.45, 2.75) is 50.6 Å². The first-order chi connectivity index (χ1) is 7.75. The SMILES string of the molecule is NC1(CCc2cc3n(n2)CCCCO3)CC1. The van der Waals surface area contributed by atoms with Crippen molar-refractivity contribution in [1.29, 1.82) is 0 Å². The van der Waals surface area contributed by atoms with E-state index in [0.717, 1.165) is 50.4 Å². The van der Waals surface area contributed by atoms with Gasteiger partial charge in [-0.2, -0.15) is 5.10 Å². The molecule has 0 aromatic carbocycles. The van der Waals surface area contributed by atoms with Crippen molar-refractivity contribution in [2.75, 3.05) is 6.61 Å². The van der Waals surface area contributed by atoms with E-state index in [-0.39, 0.29) is 5.54 Å². The molecule has 4 nitrogen and oxygen atoms in total. The van der Waals surface area contributed by atoms with Crippen LogP contribution in [-0.4, -0.2) is 21.9 Å². The highest BCUT2D eigenvalue weighted by molar-refractivity contribution is 5.18. The zero-order valence-electron chi connectivity index (χ0n) is 9.61. The Morgan fingerprint density at radius 2 is 2.31 bits per heavy atom. The number of aryl methyl sites for hydroxylation is 2. The molecule has 1 saturated carbocycles. The molecule has 1 aromatic heterocycles. The van der Waals surface area contributed by atoms with Crippen molar-refractivity contribution in [3.05, 3.63) is 11.8 Å². The Bertz CT molecular complexity index is 358. The second kappa shape index (κ2) is 3.77. The van der Waals surface area contributed by atoms with E-state index in [9.17, 15) is 0 Å². The van der Waals surface area contributed by atoms with Gasteiger partial charge in [-0.1, -0.05) is 0 Å². The number of fused-ring (bicyclic) bond motifs is 1. The van der Waals surface area contributed by atoms with Crippen LogP contribution in [-0.2, 0) is 13.0 Å². The molecule has 0 radical (unpaired) electrons. The second-order valence-electron chi connectivity index (χ2n) is 5.11. The molecule has 0 bridgehead atoms. The van der Waals surface area contributed by atoms with Crippen LogP contribution >= 0.6 is 0 Å². The number of hydrogen-bond donors (Lipinski definition) is 1. The number of rotatable bonds is 3. The Hall–Kier alpha value is -1.03. The van der Waals surface area contributed by atoms with Gasteiger partial charge in [-0.3, -0.25) is 0 Å². The summed E-state index contributed by atoms with van der Waals surface area (Å²) in [6.45, 7) is 1.81. The van der Waals surface area contributed by atoms with Crippen LogP contribution in [0, 0.1) is 0 Å². The zero-order chi connectivity index (χ0) is 11.0. The number of nitrogens with two attached hydrogens (primary N) is 1. The number of nitrogens with zero attached hydrogens (tertiary/aromatic N) is 2. The molecule has 16 heavy (non-hydrogen) atoms. The van der Waals surface area contributed by atoms with Gasteiger partial charge >= 0.3 is 0 Å². The van der Waals surface area contributed by atoms with Crippen molar-refractivity contribution < 1.29 is 4.74 Å². The van der Waals surface area contributed by atoms with Crippen LogP contribution in [0.4, 0.5) is 0 Å². The Morgan fingerprint density at radius 1 is 1.44 bits per heavy atom. The lowest BCUT2D eigenvalue weighted by atomic mass is 10.1. The summed E-state index contributed by atoms with van der Waals surface area (Å²) in [6, 6.07) is 2.08. The third-order valence-electron chi connectivity index (χ3n) is 3.58. The predicted molar refractivity (Wildman–Crippen MR) is 61.4 cm³/mol. The highest BCUT2D eigenvalue weighted by Gasteiger charge is 2.37. The van der Waals surface area contributed by atoms with Crippen LogP contribution in [0.25, 0.3) is 0 Å². The summed E-state index contributed by atoms with van der Waals surface area (Å²) in [5, 5.41) is 4.58. The van der Waals surface area contributed by atoms with Crippen molar-refractivity contribution in [3.8, 4) is 5.88 Å². The molecule has 0 atom stereocenters. The fraction of sp³-hybridized carbons (Fsp3) is 0.750. The maximum Gasteiger partial charge on any atom is 0.211 e. The highest BCUT2D eigenvalue weighted by atomic mass is 16.5. The van der Waals surface area contributed by atoms with Crippen LogP contribution in [0.1, 0.15) is 37.8 Å². The fourth-order valence-corrected chi connectivity index (χ4v) is 2.18. The summed E-state index contributed by atoms with van der Waals surface area (Å²) >= 11 is 0. The number of aromatic nitrogens is 2. The van der Waals surface area contributed by atoms with E-state index in [1.165, 1.54) is 12.8 Å². The van der Waals surface area contributed by atoms with E-state index in [0.29, 0.717) is 0 Å². The van der Waals surface area contributed by atoms with Gasteiger partial charge < -0.3 is 10.5 Å². The van der Waals surface area contributed by atoms with E-state index in [4.69, 9.17) is 10.5 Å². The van der Waals surface area contributed by atoms with Crippen molar-refractivity contribution in [3.63, 3.8) is 0 Å². The monoisotopic (exact) mass is 221 g/mol. The average molecular weight is 221 g/mol. The van der Waals surface area contributed by atoms with Gasteiger partial charge in [0, 0.05) is 18.2 Å². The van der Waals surface area contributed by atoms with Gasteiger partial charge in [0.25, 0.3) is 0 Å². The predicted octanol–water partition coefficient (Wildman–Crippen LogP) is 1.48. The summed E-state index contributed by atoms with van der Waals surface area (Å²) in [4.78, 5) is 0. The second-order valence-corrected chi connectivity index (χ2v) is 5.11. The topological polar surface area (TPSA) is 53.1 Å². The van der Waals surface area contributed by atoms with Crippen LogP contribution in [0.15, 0.2) is 6.07 Å². The van der Waals surface area contributed by atoms with Gasteiger partial charge in [0.1, 0.15) is 0 Å². The highest BCUT2D eigenvalue weighted by Crippen LogP contribution is 2.36. The fourth-order valence-electron chi connectivity index (χ4n) is 2.18. The molecule has 2 aliphatic rings. The van der Waals surface area contributed by atoms with Crippen LogP contribution in [0.5, 0.6) is 5.88 Å². The van der Waals surface area contributed by atoms with E-state index in [1.54, 1.807) is 0 Å². The van der Waals surface area contributed by atoms with E-state index in [1.807, 2.05) is 4.68 Å². The molecular weight excluding hydrogens is 202 g/mol. The summed E-state index contributed by atoms with van der Waals surface area (Å²) in [7, 11) is 0. The smallest absolute Gasteiger partial charge is 0.211 e. The maximum atomic E-state index is 6.08. The molecule has 0 unspecified atom stereocenters. The minimum Gasteiger partial charge on any atom is -0.478 e. The molecule has 1 aromatic rings. The molecule has 4 heteroatoms. The summed E-state index contributed by atoms with van der Waals surface area (Å²) in [5.41, 5.74) is 7.34. The third kappa shape index (κ3) is 2.07. The molecule has 0 saturated heterocycles. The Morgan fingerprint density at radius 3 is 3.12 bits per heavy atom. The summed E-state index contributed by atoms with van der Waals surface area (Å²) in [5.74, 6) is 0.939. The lowest BCUT2D eigenvalue weighted by Gasteiger charge is -2.05. The molecule has 0 amide bonds. The minimum absolute atomic E-state index is 0.127. The van der Waals surface area contributed by atoms with E-state index < -0.39 is 0 Å². The first-order valence-corrected chi connectivity index (χ1v) is 6.24. The van der Waals surface area contributed by atoms with Gasteiger partial charge in [-0.15, -0.1) is 0 Å². The third-order valence-corrected chi connectivity index (χ3v) is 3.58. The lowest BCUT2D eigenvalue weighted by molar-refractivity contribution is 0.303. The molecule has 88 valence electrons. The Labute approximate surface area is 95.8 Å². The van der Waals surface area contributed by atoms with Crippen LogP contribution in [0.2, 0.25) is 0 Å². The van der Waals surface area contributed by atoms with Gasteiger partial charge in [0.15, 0.2) is 0 Å². The van der Waals surface area contributed by atoms with E-state index >= 15 is 0 Å². The summed E-state index contributed by atoms with van der Waals surface area (Å²) < 4.78 is 7.64. The number of hydrogen-bond acceptors (Lipinski definition) is 3. The van der Waals surface area contributed by atoms with Crippen LogP contribution in [0.3, 0.4) is 0 Å². The molecule has 1 aliphatic carbocycles. The maximum absolute atomic E-state index is 6.08. The molecule has 3 rings (SSSR count). The molecular formula is C12H19N3O.